The van der Waals surface area contributed by atoms with E-state index >= 15 is 0 Å². The number of hydrogen-bond acceptors (Lipinski definition) is 3. The van der Waals surface area contributed by atoms with E-state index < -0.39 is 0 Å². The van der Waals surface area contributed by atoms with Crippen LogP contribution >= 0.6 is 0 Å². The Morgan fingerprint density at radius 2 is 1.71 bits per heavy atom. The van der Waals surface area contributed by atoms with Crippen molar-refractivity contribution >= 4 is 11.6 Å². The Labute approximate surface area is 190 Å². The van der Waals surface area contributed by atoms with Gasteiger partial charge in [-0.1, -0.05) is 52.9 Å². The van der Waals surface area contributed by atoms with Crippen LogP contribution in [0.25, 0.3) is 0 Å². The second-order valence-corrected chi connectivity index (χ2v) is 12.5. The van der Waals surface area contributed by atoms with E-state index in [4.69, 9.17) is 4.74 Å². The molecule has 0 unspecified atom stereocenters. The van der Waals surface area contributed by atoms with Crippen molar-refractivity contribution in [2.24, 2.45) is 28.1 Å². The molecule has 0 saturated heterocycles. The summed E-state index contributed by atoms with van der Waals surface area (Å²) in [4.78, 5) is 25.4. The minimum Gasteiger partial charge on any atom is -0.367 e. The van der Waals surface area contributed by atoms with Crippen LogP contribution in [0.1, 0.15) is 124 Å². The first-order valence-corrected chi connectivity index (χ1v) is 13.4. The lowest BCUT2D eigenvalue weighted by atomic mass is 9.42. The third-order valence-electron chi connectivity index (χ3n) is 10.4. The van der Waals surface area contributed by atoms with Crippen LogP contribution in [0.15, 0.2) is 0 Å². The van der Waals surface area contributed by atoms with Crippen LogP contribution in [-0.4, -0.2) is 23.8 Å². The Morgan fingerprint density at radius 3 is 2.48 bits per heavy atom. The molecule has 4 aliphatic rings. The van der Waals surface area contributed by atoms with E-state index in [-0.39, 0.29) is 27.6 Å². The van der Waals surface area contributed by atoms with Crippen molar-refractivity contribution in [2.45, 2.75) is 130 Å². The van der Waals surface area contributed by atoms with Crippen LogP contribution in [0, 0.1) is 28.1 Å². The molecule has 4 fully saturated rings. The number of ketones is 2. The van der Waals surface area contributed by atoms with E-state index in [9.17, 15) is 9.59 Å². The number of unbranched alkanes of at least 4 members (excludes halogenated alkanes) is 4. The van der Waals surface area contributed by atoms with Gasteiger partial charge in [0.15, 0.2) is 5.78 Å². The van der Waals surface area contributed by atoms with Crippen LogP contribution < -0.4 is 0 Å². The summed E-state index contributed by atoms with van der Waals surface area (Å²) in [5, 5.41) is 0. The van der Waals surface area contributed by atoms with Crippen molar-refractivity contribution in [3.63, 3.8) is 0 Å². The molecular formula is C28H46O3. The lowest BCUT2D eigenvalue weighted by Gasteiger charge is -2.64. The first-order valence-electron chi connectivity index (χ1n) is 13.4. The molecule has 1 spiro atoms. The highest BCUT2D eigenvalue weighted by Crippen LogP contribution is 2.72. The topological polar surface area (TPSA) is 43.4 Å². The van der Waals surface area contributed by atoms with Crippen molar-refractivity contribution in [1.29, 1.82) is 0 Å². The van der Waals surface area contributed by atoms with Crippen molar-refractivity contribution in [3.8, 4) is 0 Å². The molecule has 176 valence electrons. The van der Waals surface area contributed by atoms with Crippen LogP contribution in [0.3, 0.4) is 0 Å². The second-order valence-electron chi connectivity index (χ2n) is 12.5. The summed E-state index contributed by atoms with van der Waals surface area (Å²) in [5.74, 6) is 1.99. The molecule has 31 heavy (non-hydrogen) atoms. The predicted octanol–water partition coefficient (Wildman–Crippen LogP) is 7.06. The van der Waals surface area contributed by atoms with Gasteiger partial charge in [0.25, 0.3) is 0 Å². The van der Waals surface area contributed by atoms with E-state index in [1.54, 1.807) is 0 Å². The zero-order valence-electron chi connectivity index (χ0n) is 20.7. The normalized spacial score (nSPS) is 44.1. The van der Waals surface area contributed by atoms with Gasteiger partial charge in [-0.15, -0.1) is 0 Å². The molecule has 4 saturated carbocycles. The summed E-state index contributed by atoms with van der Waals surface area (Å²) in [5.41, 5.74) is 0.274. The van der Waals surface area contributed by atoms with Gasteiger partial charge in [-0.3, -0.25) is 9.59 Å². The van der Waals surface area contributed by atoms with Gasteiger partial charge in [0.1, 0.15) is 12.4 Å². The molecule has 4 aliphatic carbocycles. The fourth-order valence-electron chi connectivity index (χ4n) is 8.86. The molecule has 3 heteroatoms. The molecule has 0 aliphatic heterocycles. The summed E-state index contributed by atoms with van der Waals surface area (Å²) in [7, 11) is 0. The highest BCUT2D eigenvalue weighted by molar-refractivity contribution is 5.88. The van der Waals surface area contributed by atoms with Gasteiger partial charge in [-0.2, -0.15) is 0 Å². The summed E-state index contributed by atoms with van der Waals surface area (Å²) in [6.07, 6.45) is 16.7. The Balaban J connectivity index is 1.41. The molecular weight excluding hydrogens is 384 g/mol. The van der Waals surface area contributed by atoms with E-state index in [0.717, 1.165) is 38.5 Å². The summed E-state index contributed by atoms with van der Waals surface area (Å²) < 4.78 is 6.53. The Bertz CT molecular complexity index is 700. The monoisotopic (exact) mass is 430 g/mol. The van der Waals surface area contributed by atoms with Crippen molar-refractivity contribution in [2.75, 3.05) is 6.61 Å². The molecule has 0 radical (unpaired) electrons. The average molecular weight is 431 g/mol. The first-order chi connectivity index (χ1) is 14.7. The maximum Gasteiger partial charge on any atom is 0.158 e. The van der Waals surface area contributed by atoms with Gasteiger partial charge in [0, 0.05) is 18.3 Å². The largest absolute Gasteiger partial charge is 0.367 e. The lowest BCUT2D eigenvalue weighted by Crippen LogP contribution is -2.60. The summed E-state index contributed by atoms with van der Waals surface area (Å²) >= 11 is 0. The molecule has 0 aromatic carbocycles. The maximum absolute atomic E-state index is 12.9. The molecule has 2 bridgehead atoms. The Hall–Kier alpha value is -0.700. The van der Waals surface area contributed by atoms with Gasteiger partial charge >= 0.3 is 0 Å². The quantitative estimate of drug-likeness (QED) is 0.368. The number of hydrogen-bond donors (Lipinski definition) is 0. The van der Waals surface area contributed by atoms with Gasteiger partial charge in [0.2, 0.25) is 0 Å². The first kappa shape index (κ1) is 23.5. The predicted molar refractivity (Wildman–Crippen MR) is 125 cm³/mol. The average Bonchev–Trinajstić information content (AvgIpc) is 2.89. The fraction of sp³-hybridized carbons (Fsp3) is 0.929. The number of Topliss-reactive ketones (excluding diaryl/α,β-unsaturated/α-hetero) is 2. The lowest BCUT2D eigenvalue weighted by molar-refractivity contribution is -0.203. The molecule has 0 amide bonds. The smallest absolute Gasteiger partial charge is 0.158 e. The molecule has 0 heterocycles. The third-order valence-corrected chi connectivity index (χ3v) is 10.4. The minimum atomic E-state index is -0.185. The SMILES string of the molecule is CCCCCCCC(=O)CO[C@]1(C)CCC[C@@]2(C)[C@@H]3CC[C@@]4(C)C[C@]3(CC[C@@H]21)CC4=O. The number of rotatable bonds is 9. The van der Waals surface area contributed by atoms with Crippen LogP contribution in [0.5, 0.6) is 0 Å². The standard InChI is InChI=1S/C28H46O3/c1-5-6-7-8-9-11-21(29)19-31-27(4)15-10-14-26(3)22(27)13-17-28-18-24(30)25(2,20-28)16-12-23(26)28/h22-23H,5-20H2,1-4H3/t22-,23-,25-,26+,27+,28-/m0/s1. The minimum absolute atomic E-state index is 0.0439. The Morgan fingerprint density at radius 1 is 0.968 bits per heavy atom. The van der Waals surface area contributed by atoms with Crippen LogP contribution in [-0.2, 0) is 14.3 Å². The van der Waals surface area contributed by atoms with E-state index in [1.165, 1.54) is 51.4 Å². The van der Waals surface area contributed by atoms with E-state index in [2.05, 4.69) is 27.7 Å². The van der Waals surface area contributed by atoms with Gasteiger partial charge in [-0.05, 0) is 81.0 Å². The van der Waals surface area contributed by atoms with Crippen molar-refractivity contribution in [1.82, 2.24) is 0 Å². The molecule has 0 aromatic heterocycles. The molecule has 4 rings (SSSR count). The number of carbonyl (C=O) groups excluding carboxylic acids is 2. The van der Waals surface area contributed by atoms with Crippen LogP contribution in [0.4, 0.5) is 0 Å². The fourth-order valence-corrected chi connectivity index (χ4v) is 8.86. The third kappa shape index (κ3) is 4.06. The summed E-state index contributed by atoms with van der Waals surface area (Å²) in [6, 6.07) is 0. The molecule has 0 aromatic rings. The second kappa shape index (κ2) is 8.58. The van der Waals surface area contributed by atoms with Crippen molar-refractivity contribution < 1.29 is 14.3 Å². The van der Waals surface area contributed by atoms with E-state index in [0.29, 0.717) is 30.6 Å². The molecule has 0 N–H and O–H groups in total. The molecule has 6 atom stereocenters. The zero-order chi connectivity index (χ0) is 22.3. The van der Waals surface area contributed by atoms with Crippen molar-refractivity contribution in [3.05, 3.63) is 0 Å². The zero-order valence-corrected chi connectivity index (χ0v) is 20.7. The number of ether oxygens (including phenoxy) is 1. The van der Waals surface area contributed by atoms with E-state index in [1.807, 2.05) is 0 Å². The highest BCUT2D eigenvalue weighted by atomic mass is 16.5. The number of carbonyl (C=O) groups is 2. The van der Waals surface area contributed by atoms with Gasteiger partial charge < -0.3 is 4.74 Å². The van der Waals surface area contributed by atoms with Crippen LogP contribution in [0.2, 0.25) is 0 Å². The maximum atomic E-state index is 12.9. The van der Waals surface area contributed by atoms with Gasteiger partial charge in [-0.25, -0.2) is 0 Å². The Kier molecular flexibility index (Phi) is 6.49. The highest BCUT2D eigenvalue weighted by Gasteiger charge is 2.67. The molecule has 3 nitrogen and oxygen atoms in total. The summed E-state index contributed by atoms with van der Waals surface area (Å²) in [6.45, 7) is 9.57. The van der Waals surface area contributed by atoms with Gasteiger partial charge in [0.05, 0.1) is 5.60 Å². The number of fused-ring (bicyclic) bond motifs is 3.